The predicted octanol–water partition coefficient (Wildman–Crippen LogP) is 4.36. The van der Waals surface area contributed by atoms with Crippen LogP contribution in [0.1, 0.15) is 24.8 Å². The maximum absolute atomic E-state index is 13.4. The third kappa shape index (κ3) is 3.18. The van der Waals surface area contributed by atoms with Crippen LogP contribution in [0.4, 0.5) is 5.13 Å². The lowest BCUT2D eigenvalue weighted by Gasteiger charge is -2.39. The molecule has 5 heteroatoms. The Labute approximate surface area is 169 Å². The topological polar surface area (TPSA) is 36.4 Å². The van der Waals surface area contributed by atoms with Gasteiger partial charge in [0.25, 0.3) is 0 Å². The summed E-state index contributed by atoms with van der Waals surface area (Å²) in [5.74, 6) is 0.360. The van der Waals surface area contributed by atoms with Crippen molar-refractivity contribution < 1.29 is 4.79 Å². The van der Waals surface area contributed by atoms with Crippen molar-refractivity contribution in [2.45, 2.75) is 25.7 Å². The monoisotopic (exact) mass is 391 g/mol. The predicted molar refractivity (Wildman–Crippen MR) is 115 cm³/mol. The summed E-state index contributed by atoms with van der Waals surface area (Å²) in [6, 6.07) is 18.8. The number of aromatic nitrogens is 1. The molecule has 0 radical (unpaired) electrons. The maximum atomic E-state index is 13.4. The van der Waals surface area contributed by atoms with Gasteiger partial charge in [-0.15, -0.1) is 0 Å². The van der Waals surface area contributed by atoms with Crippen molar-refractivity contribution in [3.63, 3.8) is 0 Å². The second-order valence-electron chi connectivity index (χ2n) is 8.05. The second-order valence-corrected chi connectivity index (χ2v) is 9.06. The minimum Gasteiger partial charge on any atom is -0.347 e. The molecule has 2 fully saturated rings. The van der Waals surface area contributed by atoms with Gasteiger partial charge in [-0.1, -0.05) is 53.8 Å². The number of piperidine rings is 1. The number of carbonyl (C=O) groups excluding carboxylic acids is 1. The van der Waals surface area contributed by atoms with Crippen molar-refractivity contribution in [1.82, 2.24) is 9.88 Å². The number of anilines is 1. The average Bonchev–Trinajstić information content (AvgIpc) is 3.35. The van der Waals surface area contributed by atoms with Gasteiger partial charge in [-0.25, -0.2) is 4.98 Å². The van der Waals surface area contributed by atoms with E-state index in [1.807, 2.05) is 12.1 Å². The first kappa shape index (κ1) is 17.7. The summed E-state index contributed by atoms with van der Waals surface area (Å²) in [6.07, 6.45) is 4.00. The highest BCUT2D eigenvalue weighted by molar-refractivity contribution is 7.22. The van der Waals surface area contributed by atoms with Gasteiger partial charge in [0, 0.05) is 26.2 Å². The van der Waals surface area contributed by atoms with Crippen LogP contribution >= 0.6 is 11.3 Å². The van der Waals surface area contributed by atoms with Crippen LogP contribution in [0.25, 0.3) is 10.2 Å². The van der Waals surface area contributed by atoms with E-state index in [0.29, 0.717) is 5.91 Å². The van der Waals surface area contributed by atoms with Crippen molar-refractivity contribution in [3.8, 4) is 0 Å². The van der Waals surface area contributed by atoms with Gasteiger partial charge in [-0.2, -0.15) is 0 Å². The molecule has 144 valence electrons. The summed E-state index contributed by atoms with van der Waals surface area (Å²) < 4.78 is 1.22. The first-order valence-electron chi connectivity index (χ1n) is 10.2. The number of nitrogens with zero attached hydrogens (tertiary/aromatic N) is 3. The third-order valence-corrected chi connectivity index (χ3v) is 7.34. The number of hydrogen-bond donors (Lipinski definition) is 0. The van der Waals surface area contributed by atoms with E-state index < -0.39 is 0 Å². The van der Waals surface area contributed by atoms with Crippen LogP contribution in [0.2, 0.25) is 0 Å². The van der Waals surface area contributed by atoms with Gasteiger partial charge in [0.15, 0.2) is 5.13 Å². The fraction of sp³-hybridized carbons (Fsp3) is 0.391. The van der Waals surface area contributed by atoms with E-state index in [1.54, 1.807) is 11.3 Å². The zero-order chi connectivity index (χ0) is 19.0. The first-order valence-corrected chi connectivity index (χ1v) is 11.0. The largest absolute Gasteiger partial charge is 0.347 e. The van der Waals surface area contributed by atoms with Gasteiger partial charge in [0.05, 0.1) is 15.6 Å². The van der Waals surface area contributed by atoms with Gasteiger partial charge >= 0.3 is 0 Å². The minimum absolute atomic E-state index is 0.215. The number of thiazole rings is 1. The number of amides is 1. The van der Waals surface area contributed by atoms with Crippen LogP contribution < -0.4 is 4.90 Å². The maximum Gasteiger partial charge on any atom is 0.230 e. The van der Waals surface area contributed by atoms with Gasteiger partial charge in [0.1, 0.15) is 0 Å². The van der Waals surface area contributed by atoms with Gasteiger partial charge < -0.3 is 9.80 Å². The van der Waals surface area contributed by atoms with Crippen molar-refractivity contribution in [1.29, 1.82) is 0 Å². The molecule has 4 nitrogen and oxygen atoms in total. The minimum atomic E-state index is -0.215. The molecule has 2 saturated heterocycles. The second kappa shape index (κ2) is 7.21. The Morgan fingerprint density at radius 1 is 1.00 bits per heavy atom. The molecule has 1 spiro atoms. The number of hydrogen-bond acceptors (Lipinski definition) is 4. The Balaban J connectivity index is 1.30. The van der Waals surface area contributed by atoms with Crippen LogP contribution in [-0.2, 0) is 11.2 Å². The molecule has 2 aromatic carbocycles. The number of likely N-dealkylation sites (tertiary alicyclic amines) is 1. The summed E-state index contributed by atoms with van der Waals surface area (Å²) in [5, 5.41) is 1.06. The summed E-state index contributed by atoms with van der Waals surface area (Å²) in [4.78, 5) is 22.7. The Hall–Kier alpha value is -2.40. The molecular weight excluding hydrogens is 366 g/mol. The van der Waals surface area contributed by atoms with Gasteiger partial charge in [-0.05, 0) is 43.4 Å². The average molecular weight is 392 g/mol. The summed E-state index contributed by atoms with van der Waals surface area (Å²) in [7, 11) is 0. The molecule has 3 aromatic rings. The van der Waals surface area contributed by atoms with Crippen LogP contribution in [0.15, 0.2) is 54.6 Å². The van der Waals surface area contributed by atoms with E-state index in [-0.39, 0.29) is 5.41 Å². The number of fused-ring (bicyclic) bond motifs is 1. The highest BCUT2D eigenvalue weighted by atomic mass is 32.1. The summed E-state index contributed by atoms with van der Waals surface area (Å²) in [5.41, 5.74) is 2.15. The molecule has 3 heterocycles. The molecule has 1 unspecified atom stereocenters. The van der Waals surface area contributed by atoms with E-state index >= 15 is 0 Å². The van der Waals surface area contributed by atoms with E-state index in [4.69, 9.17) is 4.98 Å². The zero-order valence-corrected chi connectivity index (χ0v) is 16.8. The van der Waals surface area contributed by atoms with Crippen molar-refractivity contribution in [3.05, 3.63) is 60.2 Å². The molecule has 0 bridgehead atoms. The van der Waals surface area contributed by atoms with E-state index in [2.05, 4.69) is 52.3 Å². The van der Waals surface area contributed by atoms with E-state index in [9.17, 15) is 4.79 Å². The molecule has 28 heavy (non-hydrogen) atoms. The summed E-state index contributed by atoms with van der Waals surface area (Å²) in [6.45, 7) is 3.46. The molecule has 1 atom stereocenters. The fourth-order valence-corrected chi connectivity index (χ4v) is 5.67. The SMILES string of the molecule is O=C1N(CCc2ccccc2)CCCC12CCN(c1nc3ccccc3s1)C2. The van der Waals surface area contributed by atoms with E-state index in [0.717, 1.165) is 62.5 Å². The van der Waals surface area contributed by atoms with Gasteiger partial charge in [-0.3, -0.25) is 4.79 Å². The number of para-hydroxylation sites is 1. The Kier molecular flexibility index (Phi) is 4.55. The summed E-state index contributed by atoms with van der Waals surface area (Å²) >= 11 is 1.74. The van der Waals surface area contributed by atoms with Crippen LogP contribution in [0, 0.1) is 5.41 Å². The molecule has 2 aliphatic rings. The number of carbonyl (C=O) groups is 1. The van der Waals surface area contributed by atoms with Crippen LogP contribution in [-0.4, -0.2) is 42.0 Å². The molecular formula is C23H25N3OS. The molecule has 2 aliphatic heterocycles. The standard InChI is InChI=1S/C23H25N3OS/c27-21-23(12-6-14-25(21)15-11-18-7-2-1-3-8-18)13-16-26(17-23)22-24-19-9-4-5-10-20(19)28-22/h1-5,7-10H,6,11-17H2. The van der Waals surface area contributed by atoms with Crippen LogP contribution in [0.3, 0.4) is 0 Å². The highest BCUT2D eigenvalue weighted by Gasteiger charge is 2.48. The lowest BCUT2D eigenvalue weighted by atomic mass is 9.78. The molecule has 1 amide bonds. The lowest BCUT2D eigenvalue weighted by molar-refractivity contribution is -0.144. The van der Waals surface area contributed by atoms with Gasteiger partial charge in [0.2, 0.25) is 5.91 Å². The third-order valence-electron chi connectivity index (χ3n) is 6.24. The Morgan fingerprint density at radius 3 is 2.68 bits per heavy atom. The zero-order valence-electron chi connectivity index (χ0n) is 16.0. The normalized spacial score (nSPS) is 22.5. The van der Waals surface area contributed by atoms with Crippen molar-refractivity contribution >= 4 is 32.6 Å². The lowest BCUT2D eigenvalue weighted by Crippen LogP contribution is -2.50. The molecule has 0 saturated carbocycles. The van der Waals surface area contributed by atoms with Crippen LogP contribution in [0.5, 0.6) is 0 Å². The number of benzene rings is 2. The van der Waals surface area contributed by atoms with E-state index in [1.165, 1.54) is 10.3 Å². The molecule has 0 N–H and O–H groups in total. The molecule has 0 aliphatic carbocycles. The van der Waals surface area contributed by atoms with Crippen molar-refractivity contribution in [2.75, 3.05) is 31.1 Å². The fourth-order valence-electron chi connectivity index (χ4n) is 4.68. The smallest absolute Gasteiger partial charge is 0.230 e. The Bertz CT molecular complexity index is 953. The highest BCUT2D eigenvalue weighted by Crippen LogP contribution is 2.43. The van der Waals surface area contributed by atoms with Crippen molar-refractivity contribution in [2.24, 2.45) is 5.41 Å². The number of rotatable bonds is 4. The molecule has 5 rings (SSSR count). The quantitative estimate of drug-likeness (QED) is 0.663. The molecule has 1 aromatic heterocycles. The first-order chi connectivity index (χ1) is 13.7. The Morgan fingerprint density at radius 2 is 1.82 bits per heavy atom.